The van der Waals surface area contributed by atoms with Crippen LogP contribution in [-0.2, 0) is 6.54 Å². The van der Waals surface area contributed by atoms with Gasteiger partial charge in [-0.3, -0.25) is 9.20 Å². The summed E-state index contributed by atoms with van der Waals surface area (Å²) in [6, 6.07) is 9.51. The van der Waals surface area contributed by atoms with Crippen LogP contribution in [0, 0.1) is 5.92 Å². The molecule has 0 N–H and O–H groups in total. The molecule has 3 rings (SSSR count). The SMILES string of the molecule is CC(C)[C@@H](C)N(Cc1ccco1)C(=O)c1cnc2ccccn12. The van der Waals surface area contributed by atoms with Crippen LogP contribution in [0.5, 0.6) is 0 Å². The molecule has 1 amide bonds. The van der Waals surface area contributed by atoms with Crippen LogP contribution in [0.3, 0.4) is 0 Å². The largest absolute Gasteiger partial charge is 0.467 e. The van der Waals surface area contributed by atoms with Crippen molar-refractivity contribution in [1.29, 1.82) is 0 Å². The van der Waals surface area contributed by atoms with Crippen molar-refractivity contribution in [2.24, 2.45) is 5.92 Å². The Balaban J connectivity index is 1.96. The van der Waals surface area contributed by atoms with E-state index in [2.05, 4.69) is 25.8 Å². The Labute approximate surface area is 135 Å². The third-order valence-electron chi connectivity index (χ3n) is 4.26. The van der Waals surface area contributed by atoms with E-state index in [1.165, 1.54) is 0 Å². The van der Waals surface area contributed by atoms with E-state index in [9.17, 15) is 4.79 Å². The van der Waals surface area contributed by atoms with Gasteiger partial charge in [0.1, 0.15) is 17.1 Å². The highest BCUT2D eigenvalue weighted by Gasteiger charge is 2.26. The van der Waals surface area contributed by atoms with Gasteiger partial charge in [0.25, 0.3) is 5.91 Å². The number of furan rings is 1. The first-order valence-corrected chi connectivity index (χ1v) is 7.83. The van der Waals surface area contributed by atoms with Gasteiger partial charge in [-0.15, -0.1) is 0 Å². The minimum atomic E-state index is -0.0405. The molecule has 0 unspecified atom stereocenters. The van der Waals surface area contributed by atoms with Crippen molar-refractivity contribution in [2.45, 2.75) is 33.4 Å². The third-order valence-corrected chi connectivity index (χ3v) is 4.26. The number of hydrogen-bond donors (Lipinski definition) is 0. The fourth-order valence-electron chi connectivity index (χ4n) is 2.57. The maximum absolute atomic E-state index is 13.1. The molecule has 1 atom stereocenters. The van der Waals surface area contributed by atoms with E-state index in [-0.39, 0.29) is 11.9 Å². The van der Waals surface area contributed by atoms with E-state index < -0.39 is 0 Å². The number of imidazole rings is 1. The summed E-state index contributed by atoms with van der Waals surface area (Å²) >= 11 is 0. The summed E-state index contributed by atoms with van der Waals surface area (Å²) in [5.74, 6) is 1.08. The van der Waals surface area contributed by atoms with E-state index in [0.29, 0.717) is 18.2 Å². The monoisotopic (exact) mass is 311 g/mol. The molecule has 3 heterocycles. The van der Waals surface area contributed by atoms with E-state index in [1.54, 1.807) is 12.5 Å². The van der Waals surface area contributed by atoms with Crippen molar-refractivity contribution in [1.82, 2.24) is 14.3 Å². The minimum absolute atomic E-state index is 0.0405. The number of fused-ring (bicyclic) bond motifs is 1. The van der Waals surface area contributed by atoms with Crippen LogP contribution in [0.2, 0.25) is 0 Å². The van der Waals surface area contributed by atoms with Crippen LogP contribution >= 0.6 is 0 Å². The topological polar surface area (TPSA) is 50.8 Å². The van der Waals surface area contributed by atoms with Crippen LogP contribution in [0.1, 0.15) is 37.0 Å². The number of carbonyl (C=O) groups is 1. The van der Waals surface area contributed by atoms with Crippen molar-refractivity contribution in [3.63, 3.8) is 0 Å². The van der Waals surface area contributed by atoms with Gasteiger partial charge in [-0.2, -0.15) is 0 Å². The lowest BCUT2D eigenvalue weighted by atomic mass is 10.0. The second-order valence-corrected chi connectivity index (χ2v) is 6.07. The van der Waals surface area contributed by atoms with Crippen molar-refractivity contribution in [3.05, 3.63) is 60.4 Å². The lowest BCUT2D eigenvalue weighted by molar-refractivity contribution is 0.0604. The Morgan fingerprint density at radius 1 is 1.26 bits per heavy atom. The first kappa shape index (κ1) is 15.3. The van der Waals surface area contributed by atoms with Gasteiger partial charge in [0.2, 0.25) is 0 Å². The number of aromatic nitrogens is 2. The molecule has 0 aliphatic rings. The van der Waals surface area contributed by atoms with Crippen LogP contribution in [-0.4, -0.2) is 26.2 Å². The lowest BCUT2D eigenvalue weighted by Crippen LogP contribution is -2.41. The molecule has 5 heteroatoms. The van der Waals surface area contributed by atoms with Crippen molar-refractivity contribution in [2.75, 3.05) is 0 Å². The van der Waals surface area contributed by atoms with Crippen molar-refractivity contribution in [3.8, 4) is 0 Å². The summed E-state index contributed by atoms with van der Waals surface area (Å²) in [6.45, 7) is 6.74. The van der Waals surface area contributed by atoms with Crippen LogP contribution < -0.4 is 0 Å². The van der Waals surface area contributed by atoms with Gasteiger partial charge < -0.3 is 9.32 Å². The Hall–Kier alpha value is -2.56. The maximum atomic E-state index is 13.1. The summed E-state index contributed by atoms with van der Waals surface area (Å²) in [5.41, 5.74) is 1.34. The highest BCUT2D eigenvalue weighted by Crippen LogP contribution is 2.19. The lowest BCUT2D eigenvalue weighted by Gasteiger charge is -2.31. The molecule has 0 fully saturated rings. The zero-order valence-corrected chi connectivity index (χ0v) is 13.6. The third kappa shape index (κ3) is 2.99. The molecule has 3 aromatic heterocycles. The molecule has 0 bridgehead atoms. The van der Waals surface area contributed by atoms with Gasteiger partial charge in [0.15, 0.2) is 0 Å². The average Bonchev–Trinajstić information content (AvgIpc) is 3.20. The molecule has 120 valence electrons. The average molecular weight is 311 g/mol. The summed E-state index contributed by atoms with van der Waals surface area (Å²) in [5, 5.41) is 0. The molecular weight excluding hydrogens is 290 g/mol. The number of pyridine rings is 1. The van der Waals surface area contributed by atoms with Crippen LogP contribution in [0.15, 0.2) is 53.4 Å². The number of nitrogens with zero attached hydrogens (tertiary/aromatic N) is 3. The maximum Gasteiger partial charge on any atom is 0.273 e. The summed E-state index contributed by atoms with van der Waals surface area (Å²) in [7, 11) is 0. The summed E-state index contributed by atoms with van der Waals surface area (Å²) < 4.78 is 7.26. The molecule has 0 aliphatic heterocycles. The molecule has 23 heavy (non-hydrogen) atoms. The molecule has 0 spiro atoms. The second kappa shape index (κ2) is 6.28. The summed E-state index contributed by atoms with van der Waals surface area (Å²) in [6.07, 6.45) is 5.13. The molecule has 0 saturated carbocycles. The van der Waals surface area contributed by atoms with E-state index in [4.69, 9.17) is 4.42 Å². The molecule has 0 saturated heterocycles. The normalized spacial score (nSPS) is 12.7. The smallest absolute Gasteiger partial charge is 0.273 e. The Bertz CT molecular complexity index is 790. The second-order valence-electron chi connectivity index (χ2n) is 6.07. The molecule has 0 aromatic carbocycles. The Morgan fingerprint density at radius 3 is 2.78 bits per heavy atom. The predicted octanol–water partition coefficient (Wildman–Crippen LogP) is 3.61. The zero-order chi connectivity index (χ0) is 16.4. The van der Waals surface area contributed by atoms with Gasteiger partial charge in [0.05, 0.1) is 19.0 Å². The molecular formula is C18H21N3O2. The molecule has 0 aliphatic carbocycles. The van der Waals surface area contributed by atoms with E-state index in [0.717, 1.165) is 11.4 Å². The number of hydrogen-bond acceptors (Lipinski definition) is 3. The van der Waals surface area contributed by atoms with Gasteiger partial charge in [-0.05, 0) is 37.1 Å². The van der Waals surface area contributed by atoms with Crippen molar-refractivity contribution < 1.29 is 9.21 Å². The van der Waals surface area contributed by atoms with Crippen molar-refractivity contribution >= 4 is 11.6 Å². The zero-order valence-electron chi connectivity index (χ0n) is 13.6. The number of carbonyl (C=O) groups excluding carboxylic acids is 1. The van der Waals surface area contributed by atoms with E-state index in [1.807, 2.05) is 45.8 Å². The highest BCUT2D eigenvalue weighted by molar-refractivity contribution is 5.93. The molecule has 3 aromatic rings. The summed E-state index contributed by atoms with van der Waals surface area (Å²) in [4.78, 5) is 19.3. The highest BCUT2D eigenvalue weighted by atomic mass is 16.3. The van der Waals surface area contributed by atoms with E-state index >= 15 is 0 Å². The number of rotatable bonds is 5. The Morgan fingerprint density at radius 2 is 2.09 bits per heavy atom. The van der Waals surface area contributed by atoms with Gasteiger partial charge >= 0.3 is 0 Å². The first-order chi connectivity index (χ1) is 11.1. The predicted molar refractivity (Wildman–Crippen MR) is 88.1 cm³/mol. The van der Waals surface area contributed by atoms with Gasteiger partial charge in [-0.1, -0.05) is 19.9 Å². The fraction of sp³-hybridized carbons (Fsp3) is 0.333. The van der Waals surface area contributed by atoms with Gasteiger partial charge in [-0.25, -0.2) is 4.98 Å². The minimum Gasteiger partial charge on any atom is -0.467 e. The Kier molecular flexibility index (Phi) is 4.19. The number of amides is 1. The molecule has 0 radical (unpaired) electrons. The van der Waals surface area contributed by atoms with Crippen LogP contribution in [0.25, 0.3) is 5.65 Å². The fourth-order valence-corrected chi connectivity index (χ4v) is 2.57. The van der Waals surface area contributed by atoms with Gasteiger partial charge in [0, 0.05) is 12.2 Å². The van der Waals surface area contributed by atoms with Crippen LogP contribution in [0.4, 0.5) is 0 Å². The quantitative estimate of drug-likeness (QED) is 0.723. The standard InChI is InChI=1S/C18H21N3O2/c1-13(2)14(3)21(12-15-7-6-10-23-15)18(22)16-11-19-17-8-4-5-9-20(16)17/h4-11,13-14H,12H2,1-3H3/t14-/m1/s1. The molecule has 5 nitrogen and oxygen atoms in total. The first-order valence-electron chi connectivity index (χ1n) is 7.83.